The fourth-order valence-corrected chi connectivity index (χ4v) is 2.43. The second kappa shape index (κ2) is 7.97. The van der Waals surface area contributed by atoms with Crippen molar-refractivity contribution in [1.82, 2.24) is 5.32 Å². The van der Waals surface area contributed by atoms with Crippen LogP contribution in [0.15, 0.2) is 42.5 Å². The number of nitrogens with one attached hydrogen (secondary N) is 2. The molecule has 2 N–H and O–H groups in total. The van der Waals surface area contributed by atoms with Gasteiger partial charge in [0.05, 0.1) is 6.04 Å². The zero-order valence-corrected chi connectivity index (χ0v) is 15.0. The van der Waals surface area contributed by atoms with Crippen molar-refractivity contribution in [1.29, 1.82) is 0 Å². The van der Waals surface area contributed by atoms with Crippen molar-refractivity contribution in [3.63, 3.8) is 0 Å². The van der Waals surface area contributed by atoms with Crippen LogP contribution in [0.4, 0.5) is 5.69 Å². The lowest BCUT2D eigenvalue weighted by atomic mass is 10.1. The highest BCUT2D eigenvalue weighted by atomic mass is 32.1. The van der Waals surface area contributed by atoms with Gasteiger partial charge in [0.25, 0.3) is 0 Å². The van der Waals surface area contributed by atoms with Gasteiger partial charge in [0.1, 0.15) is 12.4 Å². The summed E-state index contributed by atoms with van der Waals surface area (Å²) in [4.78, 5) is 0. The van der Waals surface area contributed by atoms with Gasteiger partial charge in [-0.15, -0.1) is 0 Å². The minimum Gasteiger partial charge on any atom is -0.491 e. The van der Waals surface area contributed by atoms with Crippen LogP contribution in [0, 0.1) is 20.8 Å². The fourth-order valence-electron chi connectivity index (χ4n) is 2.11. The number of ether oxygens (including phenoxy) is 1. The van der Waals surface area contributed by atoms with Crippen molar-refractivity contribution in [2.24, 2.45) is 0 Å². The van der Waals surface area contributed by atoms with Crippen molar-refractivity contribution >= 4 is 23.0 Å². The van der Waals surface area contributed by atoms with Crippen molar-refractivity contribution in [3.8, 4) is 5.75 Å². The average Bonchev–Trinajstić information content (AvgIpc) is 2.50. The Hall–Kier alpha value is -2.07. The van der Waals surface area contributed by atoms with E-state index in [0.717, 1.165) is 11.4 Å². The minimum absolute atomic E-state index is 0.114. The van der Waals surface area contributed by atoms with Crippen LogP contribution in [0.5, 0.6) is 5.75 Å². The Bertz CT molecular complexity index is 668. The normalized spacial score (nSPS) is 11.7. The van der Waals surface area contributed by atoms with Gasteiger partial charge in [0.15, 0.2) is 5.11 Å². The van der Waals surface area contributed by atoms with E-state index >= 15 is 0 Å². The Morgan fingerprint density at radius 3 is 2.39 bits per heavy atom. The van der Waals surface area contributed by atoms with Crippen LogP contribution in [0.3, 0.4) is 0 Å². The lowest BCUT2D eigenvalue weighted by Gasteiger charge is -2.18. The molecule has 0 bridgehead atoms. The first kappa shape index (κ1) is 17.3. The molecule has 0 saturated carbocycles. The van der Waals surface area contributed by atoms with Crippen molar-refractivity contribution < 1.29 is 4.74 Å². The third kappa shape index (κ3) is 5.57. The molecule has 1 unspecified atom stereocenters. The van der Waals surface area contributed by atoms with E-state index < -0.39 is 0 Å². The zero-order valence-electron chi connectivity index (χ0n) is 14.1. The van der Waals surface area contributed by atoms with Gasteiger partial charge < -0.3 is 15.4 Å². The van der Waals surface area contributed by atoms with Gasteiger partial charge in [-0.25, -0.2) is 0 Å². The van der Waals surface area contributed by atoms with Crippen molar-refractivity contribution in [2.75, 3.05) is 11.9 Å². The van der Waals surface area contributed by atoms with Crippen molar-refractivity contribution in [2.45, 2.75) is 33.7 Å². The predicted molar refractivity (Wildman–Crippen MR) is 101 cm³/mol. The van der Waals surface area contributed by atoms with E-state index in [4.69, 9.17) is 17.0 Å². The molecular weight excluding hydrogens is 304 g/mol. The van der Waals surface area contributed by atoms with Gasteiger partial charge in [-0.1, -0.05) is 23.8 Å². The summed E-state index contributed by atoms with van der Waals surface area (Å²) in [5, 5.41) is 7.06. The first-order valence-electron chi connectivity index (χ1n) is 7.78. The molecule has 2 aromatic rings. The van der Waals surface area contributed by atoms with E-state index in [2.05, 4.69) is 43.5 Å². The molecule has 2 aromatic carbocycles. The smallest absolute Gasteiger partial charge is 0.171 e. The first-order valence-corrected chi connectivity index (χ1v) is 8.19. The largest absolute Gasteiger partial charge is 0.491 e. The summed E-state index contributed by atoms with van der Waals surface area (Å²) in [5.74, 6) is 0.872. The molecule has 23 heavy (non-hydrogen) atoms. The number of aryl methyl sites for hydroxylation is 3. The molecule has 0 aromatic heterocycles. The highest BCUT2D eigenvalue weighted by Crippen LogP contribution is 2.14. The highest BCUT2D eigenvalue weighted by Gasteiger charge is 2.06. The Morgan fingerprint density at radius 2 is 1.74 bits per heavy atom. The topological polar surface area (TPSA) is 33.3 Å². The van der Waals surface area contributed by atoms with Gasteiger partial charge in [0, 0.05) is 5.69 Å². The first-order chi connectivity index (χ1) is 10.9. The van der Waals surface area contributed by atoms with E-state index in [-0.39, 0.29) is 6.04 Å². The van der Waals surface area contributed by atoms with Gasteiger partial charge in [-0.2, -0.15) is 0 Å². The maximum atomic E-state index is 5.76. The number of thiocarbonyl (C=S) groups is 1. The molecule has 0 spiro atoms. The second-order valence-electron chi connectivity index (χ2n) is 5.92. The van der Waals surface area contributed by atoms with Gasteiger partial charge in [0.2, 0.25) is 0 Å². The SMILES string of the molecule is Cc1ccc(OCC(C)NC(=S)Nc2ccc(C)c(C)c2)cc1. The van der Waals surface area contributed by atoms with Crippen LogP contribution in [-0.2, 0) is 0 Å². The molecule has 122 valence electrons. The molecule has 0 aliphatic carbocycles. The molecule has 0 amide bonds. The molecular formula is C19H24N2OS. The van der Waals surface area contributed by atoms with E-state index in [9.17, 15) is 0 Å². The Morgan fingerprint density at radius 1 is 1.04 bits per heavy atom. The summed E-state index contributed by atoms with van der Waals surface area (Å²) < 4.78 is 5.76. The van der Waals surface area contributed by atoms with Gasteiger partial charge in [-0.3, -0.25) is 0 Å². The highest BCUT2D eigenvalue weighted by molar-refractivity contribution is 7.80. The van der Waals surface area contributed by atoms with Crippen LogP contribution >= 0.6 is 12.2 Å². The van der Waals surface area contributed by atoms with E-state index in [1.54, 1.807) is 0 Å². The average molecular weight is 328 g/mol. The van der Waals surface area contributed by atoms with E-state index in [0.29, 0.717) is 11.7 Å². The van der Waals surface area contributed by atoms with Crippen LogP contribution in [0.2, 0.25) is 0 Å². The molecule has 0 heterocycles. The van der Waals surface area contributed by atoms with E-state index in [1.165, 1.54) is 16.7 Å². The third-order valence-electron chi connectivity index (χ3n) is 3.66. The quantitative estimate of drug-likeness (QED) is 0.799. The maximum absolute atomic E-state index is 5.76. The number of anilines is 1. The summed E-state index contributed by atoms with van der Waals surface area (Å²) in [6, 6.07) is 14.4. The molecule has 1 atom stereocenters. The molecule has 4 heteroatoms. The summed E-state index contributed by atoms with van der Waals surface area (Å²) in [6.07, 6.45) is 0. The summed E-state index contributed by atoms with van der Waals surface area (Å²) in [7, 11) is 0. The van der Waals surface area contributed by atoms with Crippen molar-refractivity contribution in [3.05, 3.63) is 59.2 Å². The monoisotopic (exact) mass is 328 g/mol. The van der Waals surface area contributed by atoms with E-state index in [1.807, 2.05) is 37.3 Å². The Kier molecular flexibility index (Phi) is 5.99. The Balaban J connectivity index is 1.79. The molecule has 0 aliphatic heterocycles. The minimum atomic E-state index is 0.114. The fraction of sp³-hybridized carbons (Fsp3) is 0.316. The lowest BCUT2D eigenvalue weighted by Crippen LogP contribution is -2.39. The summed E-state index contributed by atoms with van der Waals surface area (Å²) in [6.45, 7) is 8.85. The number of hydrogen-bond acceptors (Lipinski definition) is 2. The molecule has 0 radical (unpaired) electrons. The third-order valence-corrected chi connectivity index (χ3v) is 3.88. The lowest BCUT2D eigenvalue weighted by molar-refractivity contribution is 0.287. The molecule has 2 rings (SSSR count). The maximum Gasteiger partial charge on any atom is 0.171 e. The van der Waals surface area contributed by atoms with Crippen LogP contribution in [-0.4, -0.2) is 17.8 Å². The second-order valence-corrected chi connectivity index (χ2v) is 6.33. The predicted octanol–water partition coefficient (Wildman–Crippen LogP) is 4.37. The zero-order chi connectivity index (χ0) is 16.8. The van der Waals surface area contributed by atoms with Crippen LogP contribution in [0.25, 0.3) is 0 Å². The molecule has 0 aliphatic rings. The Labute approximate surface area is 144 Å². The van der Waals surface area contributed by atoms with Gasteiger partial charge >= 0.3 is 0 Å². The summed E-state index contributed by atoms with van der Waals surface area (Å²) >= 11 is 5.36. The van der Waals surface area contributed by atoms with Crippen LogP contribution in [0.1, 0.15) is 23.6 Å². The van der Waals surface area contributed by atoms with Crippen LogP contribution < -0.4 is 15.4 Å². The number of rotatable bonds is 5. The molecule has 0 fully saturated rings. The number of benzene rings is 2. The van der Waals surface area contributed by atoms with Gasteiger partial charge in [-0.05, 0) is 75.3 Å². The molecule has 0 saturated heterocycles. The summed E-state index contributed by atoms with van der Waals surface area (Å²) in [5.41, 5.74) is 4.74. The number of hydrogen-bond donors (Lipinski definition) is 2. The standard InChI is InChI=1S/C19H24N2OS/c1-13-5-9-18(10-6-13)22-12-16(4)20-19(23)21-17-8-7-14(2)15(3)11-17/h5-11,16H,12H2,1-4H3,(H2,20,21,23). The molecule has 3 nitrogen and oxygen atoms in total.